The van der Waals surface area contributed by atoms with Crippen molar-refractivity contribution >= 4 is 18.0 Å². The van der Waals surface area contributed by atoms with Crippen LogP contribution in [0.25, 0.3) is 0 Å². The molecule has 2 aliphatic rings. The van der Waals surface area contributed by atoms with E-state index in [0.717, 1.165) is 12.8 Å². The van der Waals surface area contributed by atoms with Gasteiger partial charge in [0.1, 0.15) is 6.04 Å². The van der Waals surface area contributed by atoms with E-state index >= 15 is 0 Å². The summed E-state index contributed by atoms with van der Waals surface area (Å²) < 4.78 is 4.89. The number of likely N-dealkylation sites (tertiary alicyclic amines) is 1. The normalized spacial score (nSPS) is 22.3. The Balaban J connectivity index is 2.00. The van der Waals surface area contributed by atoms with E-state index in [9.17, 15) is 14.4 Å². The molecule has 0 aromatic carbocycles. The van der Waals surface area contributed by atoms with Crippen molar-refractivity contribution in [2.24, 2.45) is 5.92 Å². The molecule has 2 N–H and O–H groups in total. The van der Waals surface area contributed by atoms with Crippen LogP contribution < -0.4 is 10.6 Å². The summed E-state index contributed by atoms with van der Waals surface area (Å²) in [6.45, 7) is 8.28. The molecular weight excluding hydrogens is 312 g/mol. The Hall–Kier alpha value is -1.99. The Kier molecular flexibility index (Phi) is 6.28. The number of ether oxygens (including phenoxy) is 1. The fraction of sp³-hybridized carbons (Fsp3) is 0.812. The third kappa shape index (κ3) is 4.30. The first-order valence-corrected chi connectivity index (χ1v) is 8.70. The van der Waals surface area contributed by atoms with Gasteiger partial charge in [-0.25, -0.2) is 9.59 Å². The van der Waals surface area contributed by atoms with Crippen LogP contribution in [0.3, 0.4) is 0 Å². The number of amides is 4. The summed E-state index contributed by atoms with van der Waals surface area (Å²) >= 11 is 0. The molecule has 2 aliphatic heterocycles. The van der Waals surface area contributed by atoms with Crippen molar-refractivity contribution in [1.82, 2.24) is 20.4 Å². The predicted octanol–water partition coefficient (Wildman–Crippen LogP) is 0.773. The molecule has 2 fully saturated rings. The highest BCUT2D eigenvalue weighted by atomic mass is 16.5. The molecule has 0 spiro atoms. The van der Waals surface area contributed by atoms with E-state index < -0.39 is 12.1 Å². The van der Waals surface area contributed by atoms with Crippen molar-refractivity contribution in [2.75, 3.05) is 32.8 Å². The molecule has 0 bridgehead atoms. The summed E-state index contributed by atoms with van der Waals surface area (Å²) in [6, 6.07) is -0.629. The maximum absolute atomic E-state index is 12.9. The zero-order valence-electron chi connectivity index (χ0n) is 14.7. The van der Waals surface area contributed by atoms with Gasteiger partial charge < -0.3 is 25.2 Å². The lowest BCUT2D eigenvalue weighted by Gasteiger charge is -2.39. The van der Waals surface area contributed by atoms with E-state index in [-0.39, 0.29) is 30.5 Å². The summed E-state index contributed by atoms with van der Waals surface area (Å²) in [5, 5.41) is 5.46. The van der Waals surface area contributed by atoms with Gasteiger partial charge in [-0.05, 0) is 25.7 Å². The highest BCUT2D eigenvalue weighted by Gasteiger charge is 2.36. The van der Waals surface area contributed by atoms with Gasteiger partial charge in [-0.15, -0.1) is 0 Å². The zero-order chi connectivity index (χ0) is 17.7. The molecule has 2 rings (SSSR count). The van der Waals surface area contributed by atoms with E-state index in [1.165, 1.54) is 0 Å². The van der Waals surface area contributed by atoms with E-state index in [1.54, 1.807) is 11.8 Å². The van der Waals surface area contributed by atoms with Crippen LogP contribution in [0.4, 0.5) is 9.59 Å². The molecule has 2 saturated heterocycles. The average Bonchev–Trinajstić information content (AvgIpc) is 2.98. The van der Waals surface area contributed by atoms with E-state index in [2.05, 4.69) is 10.6 Å². The minimum Gasteiger partial charge on any atom is -0.450 e. The molecule has 8 heteroatoms. The lowest BCUT2D eigenvalue weighted by atomic mass is 9.99. The molecule has 2 heterocycles. The van der Waals surface area contributed by atoms with E-state index in [1.807, 2.05) is 18.7 Å². The van der Waals surface area contributed by atoms with Crippen LogP contribution in [0.1, 0.15) is 33.6 Å². The Bertz CT molecular complexity index is 483. The fourth-order valence-electron chi connectivity index (χ4n) is 3.25. The first-order valence-electron chi connectivity index (χ1n) is 8.70. The van der Waals surface area contributed by atoms with Crippen molar-refractivity contribution in [3.05, 3.63) is 0 Å². The molecular formula is C16H28N4O4. The number of alkyl carbamates (subject to hydrolysis) is 1. The smallest absolute Gasteiger partial charge is 0.407 e. The maximum atomic E-state index is 12.9. The molecule has 24 heavy (non-hydrogen) atoms. The summed E-state index contributed by atoms with van der Waals surface area (Å²) in [6.07, 6.45) is 1.18. The number of nitrogens with zero attached hydrogens (tertiary/aromatic N) is 2. The van der Waals surface area contributed by atoms with Crippen LogP contribution in [-0.4, -0.2) is 72.7 Å². The zero-order valence-corrected chi connectivity index (χ0v) is 14.7. The first-order chi connectivity index (χ1) is 11.4. The Morgan fingerprint density at radius 2 is 2.12 bits per heavy atom. The standard InChI is InChI=1S/C16H28N4O4/c1-4-24-16(23)18-13(11(2)3)14(21)19-8-5-6-12(10-19)20-9-7-17-15(20)22/h11-13H,4-10H2,1-3H3,(H,17,22)(H,18,23)/t12-,13-/m0/s1. The van der Waals surface area contributed by atoms with E-state index in [0.29, 0.717) is 26.2 Å². The van der Waals surface area contributed by atoms with Crippen LogP contribution in [0, 0.1) is 5.92 Å². The van der Waals surface area contributed by atoms with E-state index in [4.69, 9.17) is 4.74 Å². The molecule has 2 atom stereocenters. The van der Waals surface area contributed by atoms with Gasteiger partial charge in [-0.1, -0.05) is 13.8 Å². The van der Waals surface area contributed by atoms with Crippen molar-refractivity contribution < 1.29 is 19.1 Å². The molecule has 0 aromatic heterocycles. The SMILES string of the molecule is CCOC(=O)N[C@H](C(=O)N1CCC[C@H](N2CCNC2=O)C1)C(C)C. The van der Waals surface area contributed by atoms with Gasteiger partial charge in [0.15, 0.2) is 0 Å². The number of hydrogen-bond acceptors (Lipinski definition) is 4. The average molecular weight is 340 g/mol. The van der Waals surface area contributed by atoms with Crippen LogP contribution in [-0.2, 0) is 9.53 Å². The maximum Gasteiger partial charge on any atom is 0.407 e. The lowest BCUT2D eigenvalue weighted by molar-refractivity contribution is -0.136. The monoisotopic (exact) mass is 340 g/mol. The molecule has 4 amide bonds. The number of carbonyl (C=O) groups excluding carboxylic acids is 3. The predicted molar refractivity (Wildman–Crippen MR) is 88.5 cm³/mol. The number of nitrogens with one attached hydrogen (secondary N) is 2. The lowest BCUT2D eigenvalue weighted by Crippen LogP contribution is -2.56. The molecule has 0 unspecified atom stereocenters. The van der Waals surface area contributed by atoms with Gasteiger partial charge in [0, 0.05) is 26.2 Å². The van der Waals surface area contributed by atoms with Crippen molar-refractivity contribution in [2.45, 2.75) is 45.7 Å². The number of hydrogen-bond donors (Lipinski definition) is 2. The third-order valence-corrected chi connectivity index (χ3v) is 4.52. The largest absolute Gasteiger partial charge is 0.450 e. The second kappa shape index (κ2) is 8.21. The summed E-state index contributed by atoms with van der Waals surface area (Å²) in [5.41, 5.74) is 0. The van der Waals surface area contributed by atoms with Crippen molar-refractivity contribution in [3.8, 4) is 0 Å². The van der Waals surface area contributed by atoms with Crippen LogP contribution in [0.2, 0.25) is 0 Å². The number of urea groups is 1. The fourth-order valence-corrected chi connectivity index (χ4v) is 3.25. The van der Waals surface area contributed by atoms with Crippen molar-refractivity contribution in [1.29, 1.82) is 0 Å². The van der Waals surface area contributed by atoms with Crippen LogP contribution in [0.15, 0.2) is 0 Å². The van der Waals surface area contributed by atoms with Gasteiger partial charge in [-0.3, -0.25) is 4.79 Å². The Morgan fingerprint density at radius 1 is 1.38 bits per heavy atom. The minimum atomic E-state index is -0.616. The first kappa shape index (κ1) is 18.4. The second-order valence-electron chi connectivity index (χ2n) is 6.59. The van der Waals surface area contributed by atoms with Crippen molar-refractivity contribution in [3.63, 3.8) is 0 Å². The van der Waals surface area contributed by atoms with Gasteiger partial charge in [0.05, 0.1) is 12.6 Å². The van der Waals surface area contributed by atoms with Gasteiger partial charge >= 0.3 is 12.1 Å². The molecule has 0 saturated carbocycles. The highest BCUT2D eigenvalue weighted by molar-refractivity contribution is 5.86. The Labute approximate surface area is 142 Å². The van der Waals surface area contributed by atoms with Gasteiger partial charge in [-0.2, -0.15) is 0 Å². The van der Waals surface area contributed by atoms with Gasteiger partial charge in [0.25, 0.3) is 0 Å². The number of rotatable bonds is 5. The quantitative estimate of drug-likeness (QED) is 0.773. The molecule has 0 radical (unpaired) electrons. The van der Waals surface area contributed by atoms with Crippen LogP contribution >= 0.6 is 0 Å². The highest BCUT2D eigenvalue weighted by Crippen LogP contribution is 2.19. The third-order valence-electron chi connectivity index (χ3n) is 4.52. The summed E-state index contributed by atoms with van der Waals surface area (Å²) in [7, 11) is 0. The second-order valence-corrected chi connectivity index (χ2v) is 6.59. The number of piperidine rings is 1. The van der Waals surface area contributed by atoms with Crippen LogP contribution in [0.5, 0.6) is 0 Å². The Morgan fingerprint density at radius 3 is 2.71 bits per heavy atom. The molecule has 0 aromatic rings. The van der Waals surface area contributed by atoms with Gasteiger partial charge in [0.2, 0.25) is 5.91 Å². The minimum absolute atomic E-state index is 0.0422. The summed E-state index contributed by atoms with van der Waals surface area (Å²) in [4.78, 5) is 40.0. The summed E-state index contributed by atoms with van der Waals surface area (Å²) in [5.74, 6) is -0.153. The molecule has 8 nitrogen and oxygen atoms in total. The topological polar surface area (TPSA) is 91.0 Å². The molecule has 0 aliphatic carbocycles. The number of carbonyl (C=O) groups is 3. The molecule has 136 valence electrons.